The Bertz CT molecular complexity index is 837. The van der Waals surface area contributed by atoms with Crippen LogP contribution < -0.4 is 5.32 Å². The average Bonchev–Trinajstić information content (AvgIpc) is 2.82. The average molecular weight is 301 g/mol. The van der Waals surface area contributed by atoms with Gasteiger partial charge in [-0.25, -0.2) is 8.78 Å². The molecule has 1 N–H and O–H groups in total. The number of carbonyl (C=O) groups is 1. The minimum absolute atomic E-state index is 0.0262. The number of aromatic nitrogens is 2. The quantitative estimate of drug-likeness (QED) is 0.808. The highest BCUT2D eigenvalue weighted by molar-refractivity contribution is 6.04. The van der Waals surface area contributed by atoms with Crippen molar-refractivity contribution in [1.29, 1.82) is 0 Å². The number of para-hydroxylation sites is 1. The van der Waals surface area contributed by atoms with Gasteiger partial charge in [-0.3, -0.25) is 9.48 Å². The molecule has 0 spiro atoms. The third kappa shape index (κ3) is 2.67. The molecule has 0 radical (unpaired) electrons. The molecule has 0 saturated carbocycles. The van der Waals surface area contributed by atoms with E-state index < -0.39 is 11.6 Å². The van der Waals surface area contributed by atoms with Crippen LogP contribution in [0.25, 0.3) is 10.9 Å². The summed E-state index contributed by atoms with van der Waals surface area (Å²) in [7, 11) is 1.75. The van der Waals surface area contributed by atoms with Crippen LogP contribution in [0.1, 0.15) is 16.1 Å². The lowest BCUT2D eigenvalue weighted by molar-refractivity contribution is 0.0946. The number of halogens is 2. The van der Waals surface area contributed by atoms with E-state index in [1.54, 1.807) is 17.8 Å². The highest BCUT2D eigenvalue weighted by Gasteiger charge is 2.15. The Morgan fingerprint density at radius 1 is 1.18 bits per heavy atom. The predicted octanol–water partition coefficient (Wildman–Crippen LogP) is 2.78. The van der Waals surface area contributed by atoms with Crippen molar-refractivity contribution in [3.63, 3.8) is 0 Å². The van der Waals surface area contributed by atoms with Gasteiger partial charge >= 0.3 is 0 Å². The molecular formula is C16H13F2N3O. The Labute approximate surface area is 125 Å². The van der Waals surface area contributed by atoms with E-state index in [9.17, 15) is 13.6 Å². The van der Waals surface area contributed by atoms with E-state index in [-0.39, 0.29) is 18.1 Å². The SMILES string of the molecule is Cn1nc(C(=O)NCc2cc(F)cc(F)c2)c2ccccc21. The van der Waals surface area contributed by atoms with Crippen molar-refractivity contribution in [3.05, 3.63) is 65.4 Å². The molecule has 0 fully saturated rings. The molecule has 2 aromatic carbocycles. The maximum absolute atomic E-state index is 13.1. The van der Waals surface area contributed by atoms with Crippen LogP contribution in [0.2, 0.25) is 0 Å². The number of nitrogens with one attached hydrogen (secondary N) is 1. The van der Waals surface area contributed by atoms with Gasteiger partial charge in [0.1, 0.15) is 11.6 Å². The van der Waals surface area contributed by atoms with Gasteiger partial charge < -0.3 is 5.32 Å². The first-order chi connectivity index (χ1) is 10.5. The molecule has 1 amide bonds. The van der Waals surface area contributed by atoms with Crippen molar-refractivity contribution in [2.45, 2.75) is 6.54 Å². The fraction of sp³-hybridized carbons (Fsp3) is 0.125. The number of nitrogens with zero attached hydrogens (tertiary/aromatic N) is 2. The number of amides is 1. The molecule has 1 heterocycles. The van der Waals surface area contributed by atoms with E-state index in [2.05, 4.69) is 10.4 Å². The normalized spacial score (nSPS) is 10.9. The summed E-state index contributed by atoms with van der Waals surface area (Å²) in [5.74, 6) is -1.73. The minimum atomic E-state index is -0.674. The van der Waals surface area contributed by atoms with Crippen molar-refractivity contribution in [3.8, 4) is 0 Å². The fourth-order valence-electron chi connectivity index (χ4n) is 2.36. The summed E-state index contributed by atoms with van der Waals surface area (Å²) in [6, 6.07) is 10.5. The molecule has 6 heteroatoms. The predicted molar refractivity (Wildman–Crippen MR) is 78.2 cm³/mol. The highest BCUT2D eigenvalue weighted by Crippen LogP contribution is 2.17. The van der Waals surface area contributed by atoms with Gasteiger partial charge in [0.25, 0.3) is 5.91 Å². The van der Waals surface area contributed by atoms with E-state index in [0.29, 0.717) is 5.56 Å². The standard InChI is InChI=1S/C16H13F2N3O/c1-21-14-5-3-2-4-13(14)15(20-21)16(22)19-9-10-6-11(17)8-12(18)7-10/h2-8H,9H2,1H3,(H,19,22). The summed E-state index contributed by atoms with van der Waals surface area (Å²) in [6.45, 7) is 0.0262. The lowest BCUT2D eigenvalue weighted by atomic mass is 10.2. The van der Waals surface area contributed by atoms with E-state index in [0.717, 1.165) is 17.0 Å². The van der Waals surface area contributed by atoms with Crippen molar-refractivity contribution >= 4 is 16.8 Å². The first-order valence-corrected chi connectivity index (χ1v) is 6.69. The van der Waals surface area contributed by atoms with Crippen molar-refractivity contribution < 1.29 is 13.6 Å². The van der Waals surface area contributed by atoms with Crippen LogP contribution in [0.5, 0.6) is 0 Å². The topological polar surface area (TPSA) is 46.9 Å². The Morgan fingerprint density at radius 3 is 2.59 bits per heavy atom. The first kappa shape index (κ1) is 14.2. The first-order valence-electron chi connectivity index (χ1n) is 6.69. The van der Waals surface area contributed by atoms with Gasteiger partial charge in [-0.15, -0.1) is 0 Å². The van der Waals surface area contributed by atoms with Gasteiger partial charge in [0.15, 0.2) is 5.69 Å². The Balaban J connectivity index is 1.82. The Hall–Kier alpha value is -2.76. The molecule has 0 saturated heterocycles. The Kier molecular flexibility index (Phi) is 3.58. The van der Waals surface area contributed by atoms with Gasteiger partial charge in [0.05, 0.1) is 5.52 Å². The van der Waals surface area contributed by atoms with Gasteiger partial charge in [-0.1, -0.05) is 18.2 Å². The number of fused-ring (bicyclic) bond motifs is 1. The second kappa shape index (κ2) is 5.55. The minimum Gasteiger partial charge on any atom is -0.347 e. The number of aryl methyl sites for hydroxylation is 1. The lowest BCUT2D eigenvalue weighted by Crippen LogP contribution is -2.23. The Morgan fingerprint density at radius 2 is 1.86 bits per heavy atom. The summed E-state index contributed by atoms with van der Waals surface area (Å²) < 4.78 is 27.9. The van der Waals surface area contributed by atoms with Gasteiger partial charge in [-0.05, 0) is 23.8 Å². The van der Waals surface area contributed by atoms with Crippen LogP contribution >= 0.6 is 0 Å². The van der Waals surface area contributed by atoms with Gasteiger partial charge in [0, 0.05) is 25.0 Å². The summed E-state index contributed by atoms with van der Waals surface area (Å²) in [5.41, 5.74) is 1.48. The van der Waals surface area contributed by atoms with Crippen LogP contribution in [0.4, 0.5) is 8.78 Å². The number of hydrogen-bond donors (Lipinski definition) is 1. The number of benzene rings is 2. The molecule has 112 valence electrons. The van der Waals surface area contributed by atoms with Crippen LogP contribution in [0.3, 0.4) is 0 Å². The monoisotopic (exact) mass is 301 g/mol. The maximum atomic E-state index is 13.1. The molecule has 0 aliphatic carbocycles. The van der Waals surface area contributed by atoms with Crippen molar-refractivity contribution in [2.75, 3.05) is 0 Å². The summed E-state index contributed by atoms with van der Waals surface area (Å²) >= 11 is 0. The largest absolute Gasteiger partial charge is 0.347 e. The van der Waals surface area contributed by atoms with Crippen LogP contribution in [0.15, 0.2) is 42.5 Å². The summed E-state index contributed by atoms with van der Waals surface area (Å²) in [4.78, 5) is 12.2. The molecule has 3 aromatic rings. The van der Waals surface area contributed by atoms with E-state index in [1.807, 2.05) is 18.2 Å². The third-order valence-electron chi connectivity index (χ3n) is 3.35. The second-order valence-electron chi connectivity index (χ2n) is 4.95. The van der Waals surface area contributed by atoms with E-state index in [4.69, 9.17) is 0 Å². The summed E-state index contributed by atoms with van der Waals surface area (Å²) in [5, 5.41) is 7.55. The molecule has 22 heavy (non-hydrogen) atoms. The van der Waals surface area contributed by atoms with E-state index >= 15 is 0 Å². The molecule has 0 atom stereocenters. The molecule has 4 nitrogen and oxygen atoms in total. The number of rotatable bonds is 3. The van der Waals surface area contributed by atoms with Crippen LogP contribution in [-0.4, -0.2) is 15.7 Å². The summed E-state index contributed by atoms with van der Waals surface area (Å²) in [6.07, 6.45) is 0. The van der Waals surface area contributed by atoms with Gasteiger partial charge in [0.2, 0.25) is 0 Å². The van der Waals surface area contributed by atoms with E-state index in [1.165, 1.54) is 12.1 Å². The second-order valence-corrected chi connectivity index (χ2v) is 4.95. The van der Waals surface area contributed by atoms with Gasteiger partial charge in [-0.2, -0.15) is 5.10 Å². The van der Waals surface area contributed by atoms with Crippen LogP contribution in [-0.2, 0) is 13.6 Å². The molecule has 0 unspecified atom stereocenters. The van der Waals surface area contributed by atoms with Crippen LogP contribution in [0, 0.1) is 11.6 Å². The molecule has 0 aliphatic rings. The van der Waals surface area contributed by atoms with Crippen molar-refractivity contribution in [2.24, 2.45) is 7.05 Å². The maximum Gasteiger partial charge on any atom is 0.272 e. The van der Waals surface area contributed by atoms with Crippen molar-refractivity contribution in [1.82, 2.24) is 15.1 Å². The molecule has 1 aromatic heterocycles. The fourth-order valence-corrected chi connectivity index (χ4v) is 2.36. The number of carbonyl (C=O) groups excluding carboxylic acids is 1. The zero-order valence-corrected chi connectivity index (χ0v) is 11.8. The lowest BCUT2D eigenvalue weighted by Gasteiger charge is -2.04. The molecule has 0 aliphatic heterocycles. The molecule has 3 rings (SSSR count). The highest BCUT2D eigenvalue weighted by atomic mass is 19.1. The smallest absolute Gasteiger partial charge is 0.272 e. The third-order valence-corrected chi connectivity index (χ3v) is 3.35. The number of hydrogen-bond acceptors (Lipinski definition) is 2. The zero-order chi connectivity index (χ0) is 15.7. The molecular weight excluding hydrogens is 288 g/mol. The molecule has 0 bridgehead atoms. The zero-order valence-electron chi connectivity index (χ0n) is 11.8.